The van der Waals surface area contributed by atoms with E-state index in [0.717, 1.165) is 5.56 Å². The smallest absolute Gasteiger partial charge is 0.123 e. The molecule has 1 aromatic carbocycles. The van der Waals surface area contributed by atoms with E-state index in [2.05, 4.69) is 26.1 Å². The van der Waals surface area contributed by atoms with Gasteiger partial charge in [-0.25, -0.2) is 4.39 Å². The van der Waals surface area contributed by atoms with E-state index in [1.807, 2.05) is 7.05 Å². The minimum atomic E-state index is -0.240. The van der Waals surface area contributed by atoms with Crippen LogP contribution in [0.1, 0.15) is 32.4 Å². The lowest BCUT2D eigenvalue weighted by Crippen LogP contribution is -2.27. The molecule has 2 unspecified atom stereocenters. The van der Waals surface area contributed by atoms with Crippen molar-refractivity contribution in [3.05, 3.63) is 34.6 Å². The van der Waals surface area contributed by atoms with Gasteiger partial charge in [-0.2, -0.15) is 0 Å². The van der Waals surface area contributed by atoms with Gasteiger partial charge in [0.25, 0.3) is 0 Å². The van der Waals surface area contributed by atoms with Crippen molar-refractivity contribution >= 4 is 11.6 Å². The first-order chi connectivity index (χ1) is 7.47. The van der Waals surface area contributed by atoms with Crippen molar-refractivity contribution in [1.82, 2.24) is 5.32 Å². The number of nitrogens with one attached hydrogen (secondary N) is 1. The van der Waals surface area contributed by atoms with Crippen molar-refractivity contribution in [1.29, 1.82) is 0 Å². The third-order valence-corrected chi connectivity index (χ3v) is 3.53. The van der Waals surface area contributed by atoms with E-state index in [1.54, 1.807) is 6.07 Å². The minimum absolute atomic E-state index is 0.0863. The predicted molar refractivity (Wildman–Crippen MR) is 67.2 cm³/mol. The first-order valence-electron chi connectivity index (χ1n) is 5.59. The molecule has 0 aliphatic carbocycles. The van der Waals surface area contributed by atoms with Crippen molar-refractivity contribution in [2.45, 2.75) is 26.8 Å². The van der Waals surface area contributed by atoms with Gasteiger partial charge in [0.2, 0.25) is 0 Å². The zero-order chi connectivity index (χ0) is 12.3. The number of hydrogen-bond acceptors (Lipinski definition) is 1. The van der Waals surface area contributed by atoms with Crippen LogP contribution in [0.25, 0.3) is 0 Å². The Morgan fingerprint density at radius 3 is 2.38 bits per heavy atom. The van der Waals surface area contributed by atoms with Crippen molar-refractivity contribution in [2.75, 3.05) is 7.05 Å². The lowest BCUT2D eigenvalue weighted by molar-refractivity contribution is 0.316. The second-order valence-electron chi connectivity index (χ2n) is 4.54. The van der Waals surface area contributed by atoms with Crippen LogP contribution in [0.5, 0.6) is 0 Å². The van der Waals surface area contributed by atoms with E-state index in [-0.39, 0.29) is 11.9 Å². The normalized spacial score (nSPS) is 15.2. The van der Waals surface area contributed by atoms with Gasteiger partial charge in [-0.15, -0.1) is 0 Å². The monoisotopic (exact) mass is 243 g/mol. The van der Waals surface area contributed by atoms with Crippen LogP contribution >= 0.6 is 11.6 Å². The molecule has 2 atom stereocenters. The third kappa shape index (κ3) is 2.96. The number of benzene rings is 1. The van der Waals surface area contributed by atoms with Gasteiger partial charge in [0.15, 0.2) is 0 Å². The summed E-state index contributed by atoms with van der Waals surface area (Å²) in [6, 6.07) is 4.60. The van der Waals surface area contributed by atoms with Crippen LogP contribution in [0, 0.1) is 17.7 Å². The lowest BCUT2D eigenvalue weighted by Gasteiger charge is -2.27. The van der Waals surface area contributed by atoms with E-state index in [1.165, 1.54) is 12.1 Å². The number of halogens is 2. The maximum absolute atomic E-state index is 13.2. The summed E-state index contributed by atoms with van der Waals surface area (Å²) in [6.07, 6.45) is 0. The molecule has 0 saturated heterocycles. The second-order valence-corrected chi connectivity index (χ2v) is 4.94. The topological polar surface area (TPSA) is 12.0 Å². The molecule has 1 N–H and O–H groups in total. The van der Waals surface area contributed by atoms with Crippen LogP contribution in [0.2, 0.25) is 5.02 Å². The Hall–Kier alpha value is -0.600. The average molecular weight is 244 g/mol. The van der Waals surface area contributed by atoms with Gasteiger partial charge in [-0.05, 0) is 42.6 Å². The highest BCUT2D eigenvalue weighted by atomic mass is 35.5. The molecule has 1 rings (SSSR count). The minimum Gasteiger partial charge on any atom is -0.313 e. The molecule has 0 aliphatic heterocycles. The molecule has 0 aliphatic rings. The highest BCUT2D eigenvalue weighted by Gasteiger charge is 2.22. The summed E-state index contributed by atoms with van der Waals surface area (Å²) in [5.41, 5.74) is 0.838. The standard InChI is InChI=1S/C13H19ClFN/c1-8(2)9(3)13(16-4)11-7-10(15)5-6-12(11)14/h5-9,13,16H,1-4H3. The Labute approximate surface area is 102 Å². The molecule has 0 radical (unpaired) electrons. The van der Waals surface area contributed by atoms with Crippen molar-refractivity contribution in [3.63, 3.8) is 0 Å². The van der Waals surface area contributed by atoms with Crippen LogP contribution in [0.3, 0.4) is 0 Å². The average Bonchev–Trinajstić information content (AvgIpc) is 2.23. The first-order valence-corrected chi connectivity index (χ1v) is 5.97. The molecular formula is C13H19ClFN. The fourth-order valence-electron chi connectivity index (χ4n) is 1.84. The van der Waals surface area contributed by atoms with Gasteiger partial charge < -0.3 is 5.32 Å². The van der Waals surface area contributed by atoms with Gasteiger partial charge >= 0.3 is 0 Å². The van der Waals surface area contributed by atoms with E-state index in [4.69, 9.17) is 11.6 Å². The molecule has 0 saturated carbocycles. The largest absolute Gasteiger partial charge is 0.313 e. The molecule has 0 bridgehead atoms. The lowest BCUT2D eigenvalue weighted by atomic mass is 9.86. The van der Waals surface area contributed by atoms with Crippen LogP contribution in [-0.4, -0.2) is 7.05 Å². The maximum atomic E-state index is 13.2. The molecule has 0 spiro atoms. The molecule has 16 heavy (non-hydrogen) atoms. The molecule has 1 nitrogen and oxygen atoms in total. The molecule has 90 valence electrons. The van der Waals surface area contributed by atoms with Crippen molar-refractivity contribution in [2.24, 2.45) is 11.8 Å². The molecule has 3 heteroatoms. The van der Waals surface area contributed by atoms with Gasteiger partial charge in [-0.3, -0.25) is 0 Å². The quantitative estimate of drug-likeness (QED) is 0.842. The fourth-order valence-corrected chi connectivity index (χ4v) is 2.07. The van der Waals surface area contributed by atoms with Crippen LogP contribution in [0.4, 0.5) is 4.39 Å². The van der Waals surface area contributed by atoms with Crippen molar-refractivity contribution in [3.8, 4) is 0 Å². The van der Waals surface area contributed by atoms with Crippen LogP contribution < -0.4 is 5.32 Å². The molecule has 0 aromatic heterocycles. The van der Waals surface area contributed by atoms with Gasteiger partial charge in [0.05, 0.1) is 0 Å². The van der Waals surface area contributed by atoms with Gasteiger partial charge in [0, 0.05) is 11.1 Å². The molecule has 1 aromatic rings. The maximum Gasteiger partial charge on any atom is 0.123 e. The van der Waals surface area contributed by atoms with Crippen molar-refractivity contribution < 1.29 is 4.39 Å². The van der Waals surface area contributed by atoms with Crippen LogP contribution in [0.15, 0.2) is 18.2 Å². The van der Waals surface area contributed by atoms with E-state index >= 15 is 0 Å². The van der Waals surface area contributed by atoms with Gasteiger partial charge in [-0.1, -0.05) is 32.4 Å². The zero-order valence-electron chi connectivity index (χ0n) is 10.2. The Balaban J connectivity index is 3.07. The number of rotatable bonds is 4. The first kappa shape index (κ1) is 13.5. The predicted octanol–water partition coefficient (Wildman–Crippen LogP) is 4.03. The molecular weight excluding hydrogens is 225 g/mol. The Morgan fingerprint density at radius 1 is 1.25 bits per heavy atom. The third-order valence-electron chi connectivity index (χ3n) is 3.18. The van der Waals surface area contributed by atoms with Gasteiger partial charge in [0.1, 0.15) is 5.82 Å². The van der Waals surface area contributed by atoms with E-state index < -0.39 is 0 Å². The summed E-state index contributed by atoms with van der Waals surface area (Å²) in [6.45, 7) is 6.46. The summed E-state index contributed by atoms with van der Waals surface area (Å²) < 4.78 is 13.2. The van der Waals surface area contributed by atoms with Crippen LogP contribution in [-0.2, 0) is 0 Å². The summed E-state index contributed by atoms with van der Waals surface area (Å²) in [5.74, 6) is 0.664. The highest BCUT2D eigenvalue weighted by molar-refractivity contribution is 6.31. The molecule has 0 fully saturated rings. The van der Waals surface area contributed by atoms with E-state index in [0.29, 0.717) is 16.9 Å². The zero-order valence-corrected chi connectivity index (χ0v) is 11.0. The summed E-state index contributed by atoms with van der Waals surface area (Å²) in [4.78, 5) is 0. The Bertz CT molecular complexity index is 352. The van der Waals surface area contributed by atoms with E-state index in [9.17, 15) is 4.39 Å². The molecule has 0 amide bonds. The molecule has 0 heterocycles. The Kier molecular flexibility index (Phi) is 4.75. The second kappa shape index (κ2) is 5.65. The number of hydrogen-bond donors (Lipinski definition) is 1. The summed E-state index contributed by atoms with van der Waals surface area (Å²) in [5, 5.41) is 3.84. The Morgan fingerprint density at radius 2 is 1.88 bits per heavy atom. The SMILES string of the molecule is CNC(c1cc(F)ccc1Cl)C(C)C(C)C. The summed E-state index contributed by atoms with van der Waals surface area (Å²) >= 11 is 6.11. The summed E-state index contributed by atoms with van der Waals surface area (Å²) in [7, 11) is 1.88. The highest BCUT2D eigenvalue weighted by Crippen LogP contribution is 2.32. The fraction of sp³-hybridized carbons (Fsp3) is 0.538.